The van der Waals surface area contributed by atoms with Crippen molar-refractivity contribution >= 4 is 0 Å². The average Bonchev–Trinajstić information content (AvgIpc) is 2.38. The number of ether oxygens (including phenoxy) is 3. The number of rotatable bonds is 14. The van der Waals surface area contributed by atoms with E-state index in [4.69, 9.17) is 14.2 Å². The second-order valence-electron chi connectivity index (χ2n) is 4.91. The first-order chi connectivity index (χ1) is 9.20. The molecule has 0 aliphatic heterocycles. The summed E-state index contributed by atoms with van der Waals surface area (Å²) in [5, 5.41) is 12.9. The van der Waals surface area contributed by atoms with Crippen LogP contribution in [0.5, 0.6) is 0 Å². The zero-order valence-electron chi connectivity index (χ0n) is 12.7. The van der Waals surface area contributed by atoms with Crippen LogP contribution in [-0.2, 0) is 14.2 Å². The number of hydrogen-bond donors (Lipinski definition) is 2. The Labute approximate surface area is 117 Å². The second kappa shape index (κ2) is 14.2. The van der Waals surface area contributed by atoms with Crippen molar-refractivity contribution in [2.45, 2.75) is 32.8 Å². The van der Waals surface area contributed by atoms with Gasteiger partial charge in [-0.25, -0.2) is 0 Å². The van der Waals surface area contributed by atoms with Crippen molar-refractivity contribution in [2.75, 3.05) is 53.2 Å². The third-order valence-corrected chi connectivity index (χ3v) is 2.65. The number of unbranched alkanes of at least 4 members (excludes halogenated alkanes) is 1. The molecule has 0 spiro atoms. The largest absolute Gasteiger partial charge is 0.389 e. The molecule has 2 atom stereocenters. The van der Waals surface area contributed by atoms with Crippen LogP contribution in [0.4, 0.5) is 0 Å². The Hall–Kier alpha value is -0.200. The maximum atomic E-state index is 9.67. The lowest BCUT2D eigenvalue weighted by atomic mass is 10.2. The number of aliphatic hydroxyl groups is 1. The molecule has 19 heavy (non-hydrogen) atoms. The summed E-state index contributed by atoms with van der Waals surface area (Å²) in [5.41, 5.74) is 0. The topological polar surface area (TPSA) is 60.0 Å². The van der Waals surface area contributed by atoms with E-state index in [2.05, 4.69) is 19.2 Å². The van der Waals surface area contributed by atoms with Gasteiger partial charge in [0.05, 0.1) is 25.9 Å². The SMILES string of the molecule is CCCCOCCOCC(O)CNCC(C)COC. The molecule has 0 amide bonds. The normalized spacial score (nSPS) is 14.5. The van der Waals surface area contributed by atoms with Gasteiger partial charge in [0.25, 0.3) is 0 Å². The van der Waals surface area contributed by atoms with Crippen LogP contribution in [0, 0.1) is 5.92 Å². The molecule has 116 valence electrons. The van der Waals surface area contributed by atoms with Crippen molar-refractivity contribution in [1.29, 1.82) is 0 Å². The van der Waals surface area contributed by atoms with Gasteiger partial charge in [-0.1, -0.05) is 20.3 Å². The Morgan fingerprint density at radius 3 is 2.47 bits per heavy atom. The van der Waals surface area contributed by atoms with E-state index >= 15 is 0 Å². The van der Waals surface area contributed by atoms with Crippen molar-refractivity contribution in [3.05, 3.63) is 0 Å². The van der Waals surface area contributed by atoms with Crippen molar-refractivity contribution in [1.82, 2.24) is 5.32 Å². The van der Waals surface area contributed by atoms with E-state index in [9.17, 15) is 5.11 Å². The molecule has 5 nitrogen and oxygen atoms in total. The van der Waals surface area contributed by atoms with Gasteiger partial charge in [-0.05, 0) is 18.9 Å². The first kappa shape index (κ1) is 18.8. The highest BCUT2D eigenvalue weighted by Gasteiger charge is 2.05. The molecule has 0 radical (unpaired) electrons. The van der Waals surface area contributed by atoms with Crippen molar-refractivity contribution in [3.63, 3.8) is 0 Å². The first-order valence-electron chi connectivity index (χ1n) is 7.23. The van der Waals surface area contributed by atoms with Crippen LogP contribution in [0.15, 0.2) is 0 Å². The molecule has 0 fully saturated rings. The van der Waals surface area contributed by atoms with Crippen LogP contribution in [0.1, 0.15) is 26.7 Å². The Bertz CT molecular complexity index is 181. The van der Waals surface area contributed by atoms with Crippen molar-refractivity contribution < 1.29 is 19.3 Å². The predicted molar refractivity (Wildman–Crippen MR) is 76.5 cm³/mol. The molecule has 0 aliphatic carbocycles. The Morgan fingerprint density at radius 1 is 1.05 bits per heavy atom. The smallest absolute Gasteiger partial charge is 0.0897 e. The zero-order chi connectivity index (χ0) is 14.3. The van der Waals surface area contributed by atoms with Gasteiger partial charge in [0.15, 0.2) is 0 Å². The van der Waals surface area contributed by atoms with Gasteiger partial charge >= 0.3 is 0 Å². The van der Waals surface area contributed by atoms with Gasteiger partial charge < -0.3 is 24.6 Å². The number of aliphatic hydroxyl groups excluding tert-OH is 1. The van der Waals surface area contributed by atoms with Crippen LogP contribution in [0.2, 0.25) is 0 Å². The fourth-order valence-corrected chi connectivity index (χ4v) is 1.58. The molecule has 0 aromatic rings. The summed E-state index contributed by atoms with van der Waals surface area (Å²) in [6.07, 6.45) is 1.77. The fraction of sp³-hybridized carbons (Fsp3) is 1.00. The lowest BCUT2D eigenvalue weighted by Crippen LogP contribution is -2.34. The molecule has 0 aliphatic rings. The molecule has 5 heteroatoms. The van der Waals surface area contributed by atoms with Gasteiger partial charge in [-0.2, -0.15) is 0 Å². The number of methoxy groups -OCH3 is 1. The minimum atomic E-state index is -0.467. The van der Waals surface area contributed by atoms with Crippen molar-refractivity contribution in [2.24, 2.45) is 5.92 Å². The lowest BCUT2D eigenvalue weighted by Gasteiger charge is -2.15. The summed E-state index contributed by atoms with van der Waals surface area (Å²) >= 11 is 0. The number of hydrogen-bond acceptors (Lipinski definition) is 5. The molecule has 0 aromatic carbocycles. The highest BCUT2D eigenvalue weighted by molar-refractivity contribution is 4.61. The highest BCUT2D eigenvalue weighted by atomic mass is 16.5. The van der Waals surface area contributed by atoms with Gasteiger partial charge in [0.2, 0.25) is 0 Å². The lowest BCUT2D eigenvalue weighted by molar-refractivity contribution is 0.00356. The minimum Gasteiger partial charge on any atom is -0.389 e. The molecule has 0 rings (SSSR count). The molecule has 2 unspecified atom stereocenters. The Morgan fingerprint density at radius 2 is 1.79 bits per heavy atom. The number of nitrogens with one attached hydrogen (secondary N) is 1. The summed E-state index contributed by atoms with van der Waals surface area (Å²) in [5.74, 6) is 0.449. The molecule has 0 aromatic heterocycles. The van der Waals surface area contributed by atoms with Gasteiger partial charge in [-0.3, -0.25) is 0 Å². The maximum Gasteiger partial charge on any atom is 0.0897 e. The standard InChI is InChI=1S/C14H31NO4/c1-4-5-6-18-7-8-19-12-14(16)10-15-9-13(2)11-17-3/h13-16H,4-12H2,1-3H3. The van der Waals surface area contributed by atoms with E-state index in [-0.39, 0.29) is 0 Å². The van der Waals surface area contributed by atoms with Crippen molar-refractivity contribution in [3.8, 4) is 0 Å². The van der Waals surface area contributed by atoms with Crippen LogP contribution >= 0.6 is 0 Å². The Balaban J connectivity index is 3.23. The third-order valence-electron chi connectivity index (χ3n) is 2.65. The molecule has 0 bridgehead atoms. The fourth-order valence-electron chi connectivity index (χ4n) is 1.58. The van der Waals surface area contributed by atoms with Crippen LogP contribution in [0.25, 0.3) is 0 Å². The van der Waals surface area contributed by atoms with Gasteiger partial charge in [-0.15, -0.1) is 0 Å². The first-order valence-corrected chi connectivity index (χ1v) is 7.23. The van der Waals surface area contributed by atoms with Crippen LogP contribution in [-0.4, -0.2) is 64.4 Å². The van der Waals surface area contributed by atoms with Crippen LogP contribution < -0.4 is 5.32 Å². The summed E-state index contributed by atoms with van der Waals surface area (Å²) in [6, 6.07) is 0. The molecular weight excluding hydrogens is 246 g/mol. The van der Waals surface area contributed by atoms with E-state index < -0.39 is 6.10 Å². The molecular formula is C14H31NO4. The predicted octanol–water partition coefficient (Wildman–Crippen LogP) is 1.05. The highest BCUT2D eigenvalue weighted by Crippen LogP contribution is 1.93. The van der Waals surface area contributed by atoms with E-state index in [1.54, 1.807) is 7.11 Å². The molecule has 0 heterocycles. The van der Waals surface area contributed by atoms with Gasteiger partial charge in [0.1, 0.15) is 0 Å². The molecule has 2 N–H and O–H groups in total. The average molecular weight is 277 g/mol. The third kappa shape index (κ3) is 14.0. The maximum absolute atomic E-state index is 9.67. The summed E-state index contributed by atoms with van der Waals surface area (Å²) < 4.78 is 15.7. The van der Waals surface area contributed by atoms with E-state index in [1.165, 1.54) is 0 Å². The summed E-state index contributed by atoms with van der Waals surface area (Å²) in [6.45, 7) is 8.64. The minimum absolute atomic E-state index is 0.350. The monoisotopic (exact) mass is 277 g/mol. The van der Waals surface area contributed by atoms with E-state index in [0.29, 0.717) is 32.3 Å². The summed E-state index contributed by atoms with van der Waals surface area (Å²) in [4.78, 5) is 0. The van der Waals surface area contributed by atoms with E-state index in [0.717, 1.165) is 32.6 Å². The van der Waals surface area contributed by atoms with Crippen LogP contribution in [0.3, 0.4) is 0 Å². The quantitative estimate of drug-likeness (QED) is 0.465. The second-order valence-corrected chi connectivity index (χ2v) is 4.91. The van der Waals surface area contributed by atoms with E-state index in [1.807, 2.05) is 0 Å². The molecule has 0 saturated carbocycles. The summed E-state index contributed by atoms with van der Waals surface area (Å²) in [7, 11) is 1.70. The molecule has 0 saturated heterocycles. The Kier molecular flexibility index (Phi) is 14.1. The zero-order valence-corrected chi connectivity index (χ0v) is 12.7. The van der Waals surface area contributed by atoms with Gasteiger partial charge in [0, 0.05) is 26.9 Å².